The molecule has 0 spiro atoms. The van der Waals surface area contributed by atoms with Crippen LogP contribution in [0.2, 0.25) is 0 Å². The largest absolute Gasteiger partial charge is 0.465 e. The summed E-state index contributed by atoms with van der Waals surface area (Å²) in [4.78, 5) is 17.5. The van der Waals surface area contributed by atoms with Crippen LogP contribution in [0, 0.1) is 0 Å². The molecule has 1 aliphatic heterocycles. The predicted octanol–water partition coefficient (Wildman–Crippen LogP) is 3.83. The SMILES string of the molecule is CCOC(=NC(=O)OC)N1Cc2ccccc2-c2ccccc2C1. The number of benzene rings is 2. The zero-order chi connectivity index (χ0) is 16.9. The second-order valence-electron chi connectivity index (χ2n) is 5.47. The number of methoxy groups -OCH3 is 1. The van der Waals surface area contributed by atoms with Crippen LogP contribution in [0.15, 0.2) is 53.5 Å². The van der Waals surface area contributed by atoms with Crippen molar-refractivity contribution in [1.29, 1.82) is 0 Å². The van der Waals surface area contributed by atoms with Gasteiger partial charge in [-0.25, -0.2) is 4.79 Å². The minimum atomic E-state index is -0.663. The van der Waals surface area contributed by atoms with Crippen LogP contribution in [0.4, 0.5) is 4.79 Å². The van der Waals surface area contributed by atoms with Crippen molar-refractivity contribution >= 4 is 12.1 Å². The quantitative estimate of drug-likeness (QED) is 0.591. The Morgan fingerprint density at radius 1 is 1.04 bits per heavy atom. The molecule has 5 nitrogen and oxygen atoms in total. The second-order valence-corrected chi connectivity index (χ2v) is 5.47. The van der Waals surface area contributed by atoms with E-state index in [1.54, 1.807) is 0 Å². The van der Waals surface area contributed by atoms with E-state index in [0.29, 0.717) is 19.7 Å². The molecule has 3 rings (SSSR count). The van der Waals surface area contributed by atoms with Gasteiger partial charge >= 0.3 is 6.09 Å². The van der Waals surface area contributed by atoms with Gasteiger partial charge in [0.2, 0.25) is 0 Å². The summed E-state index contributed by atoms with van der Waals surface area (Å²) in [7, 11) is 1.31. The lowest BCUT2D eigenvalue weighted by Gasteiger charge is -2.24. The highest BCUT2D eigenvalue weighted by atomic mass is 16.5. The van der Waals surface area contributed by atoms with E-state index in [9.17, 15) is 4.79 Å². The van der Waals surface area contributed by atoms with Gasteiger partial charge in [-0.05, 0) is 29.2 Å². The molecule has 0 aliphatic carbocycles. The summed E-state index contributed by atoms with van der Waals surface area (Å²) in [5.74, 6) is 0. The first-order valence-electron chi connectivity index (χ1n) is 7.93. The van der Waals surface area contributed by atoms with Crippen LogP contribution in [0.3, 0.4) is 0 Å². The number of amidine groups is 1. The topological polar surface area (TPSA) is 51.1 Å². The molecule has 0 fully saturated rings. The lowest BCUT2D eigenvalue weighted by molar-refractivity contribution is 0.177. The molecule has 1 aliphatic rings. The van der Waals surface area contributed by atoms with Gasteiger partial charge < -0.3 is 14.4 Å². The minimum absolute atomic E-state index is 0.288. The maximum atomic E-state index is 11.6. The van der Waals surface area contributed by atoms with Crippen molar-refractivity contribution in [3.8, 4) is 11.1 Å². The average Bonchev–Trinajstić information content (AvgIpc) is 2.78. The number of fused-ring (bicyclic) bond motifs is 3. The van der Waals surface area contributed by atoms with E-state index in [0.717, 1.165) is 0 Å². The molecule has 2 aromatic carbocycles. The molecule has 0 N–H and O–H groups in total. The molecule has 0 unspecified atom stereocenters. The number of carbonyl (C=O) groups excluding carboxylic acids is 1. The molecule has 24 heavy (non-hydrogen) atoms. The first kappa shape index (κ1) is 16.1. The van der Waals surface area contributed by atoms with Gasteiger partial charge in [-0.15, -0.1) is 4.99 Å². The van der Waals surface area contributed by atoms with Crippen LogP contribution in [-0.4, -0.2) is 30.7 Å². The van der Waals surface area contributed by atoms with Crippen molar-refractivity contribution in [2.24, 2.45) is 4.99 Å². The molecule has 0 aromatic heterocycles. The summed E-state index contributed by atoms with van der Waals surface area (Å²) in [6.07, 6.45) is -0.663. The van der Waals surface area contributed by atoms with Crippen LogP contribution in [0.5, 0.6) is 0 Å². The van der Waals surface area contributed by atoms with Crippen LogP contribution in [0.25, 0.3) is 11.1 Å². The van der Waals surface area contributed by atoms with Crippen LogP contribution >= 0.6 is 0 Å². The van der Waals surface area contributed by atoms with Gasteiger partial charge in [0.1, 0.15) is 0 Å². The number of amides is 1. The first-order valence-corrected chi connectivity index (χ1v) is 7.93. The van der Waals surface area contributed by atoms with E-state index in [4.69, 9.17) is 4.74 Å². The monoisotopic (exact) mass is 324 g/mol. The lowest BCUT2D eigenvalue weighted by atomic mass is 9.97. The lowest BCUT2D eigenvalue weighted by Crippen LogP contribution is -2.32. The van der Waals surface area contributed by atoms with Crippen LogP contribution in [-0.2, 0) is 22.6 Å². The van der Waals surface area contributed by atoms with Crippen LogP contribution in [0.1, 0.15) is 18.1 Å². The zero-order valence-electron chi connectivity index (χ0n) is 13.9. The molecule has 0 atom stereocenters. The van der Waals surface area contributed by atoms with Crippen molar-refractivity contribution in [2.75, 3.05) is 13.7 Å². The average molecular weight is 324 g/mol. The molecule has 2 aromatic rings. The summed E-state index contributed by atoms with van der Waals surface area (Å²) in [6.45, 7) is 3.52. The van der Waals surface area contributed by atoms with Gasteiger partial charge in [-0.3, -0.25) is 0 Å². The Morgan fingerprint density at radius 3 is 2.08 bits per heavy atom. The summed E-state index contributed by atoms with van der Waals surface area (Å²) >= 11 is 0. The number of ether oxygens (including phenoxy) is 2. The molecular weight excluding hydrogens is 304 g/mol. The number of aliphatic imine (C=N–C) groups is 1. The highest BCUT2D eigenvalue weighted by Gasteiger charge is 2.23. The number of nitrogens with zero attached hydrogens (tertiary/aromatic N) is 2. The molecular formula is C19H20N2O3. The van der Waals surface area contributed by atoms with Gasteiger partial charge in [-0.1, -0.05) is 48.5 Å². The predicted molar refractivity (Wildman–Crippen MR) is 92.6 cm³/mol. The molecule has 0 saturated carbocycles. The molecule has 1 amide bonds. The summed E-state index contributed by atoms with van der Waals surface area (Å²) in [5, 5.41) is 0. The Bertz CT molecular complexity index is 723. The van der Waals surface area contributed by atoms with E-state index in [1.165, 1.54) is 29.4 Å². The maximum absolute atomic E-state index is 11.6. The van der Waals surface area contributed by atoms with Gasteiger partial charge in [0.05, 0.1) is 13.7 Å². The Morgan fingerprint density at radius 2 is 1.58 bits per heavy atom. The fraction of sp³-hybridized carbons (Fsp3) is 0.263. The molecule has 124 valence electrons. The molecule has 0 saturated heterocycles. The van der Waals surface area contributed by atoms with E-state index in [2.05, 4.69) is 34.0 Å². The Balaban J connectivity index is 2.06. The van der Waals surface area contributed by atoms with Gasteiger partial charge in [-0.2, -0.15) is 0 Å². The normalized spacial score (nSPS) is 13.6. The number of hydrogen-bond acceptors (Lipinski definition) is 3. The third kappa shape index (κ3) is 3.25. The molecule has 5 heteroatoms. The molecule has 0 bridgehead atoms. The van der Waals surface area contributed by atoms with E-state index < -0.39 is 6.09 Å². The van der Waals surface area contributed by atoms with Crippen molar-refractivity contribution in [1.82, 2.24) is 4.90 Å². The molecule has 1 heterocycles. The Kier molecular flexibility index (Phi) is 4.79. The summed E-state index contributed by atoms with van der Waals surface area (Å²) in [5.41, 5.74) is 4.73. The summed E-state index contributed by atoms with van der Waals surface area (Å²) in [6, 6.07) is 16.8. The van der Waals surface area contributed by atoms with Crippen LogP contribution < -0.4 is 0 Å². The zero-order valence-corrected chi connectivity index (χ0v) is 13.9. The second kappa shape index (κ2) is 7.17. The van der Waals surface area contributed by atoms with E-state index in [-0.39, 0.29) is 6.02 Å². The summed E-state index contributed by atoms with van der Waals surface area (Å²) < 4.78 is 10.3. The Hall–Kier alpha value is -2.82. The van der Waals surface area contributed by atoms with Crippen molar-refractivity contribution in [3.63, 3.8) is 0 Å². The fourth-order valence-electron chi connectivity index (χ4n) is 2.89. The van der Waals surface area contributed by atoms with Crippen molar-refractivity contribution in [2.45, 2.75) is 20.0 Å². The number of hydrogen-bond donors (Lipinski definition) is 0. The standard InChI is InChI=1S/C19H20N2O3/c1-3-24-18(20-19(22)23-2)21-12-14-8-4-6-10-16(14)17-11-7-5-9-15(17)13-21/h4-11H,3,12-13H2,1-2H3. The van der Waals surface area contributed by atoms with E-state index >= 15 is 0 Å². The minimum Gasteiger partial charge on any atom is -0.465 e. The third-order valence-corrected chi connectivity index (χ3v) is 3.95. The van der Waals surface area contributed by atoms with E-state index in [1.807, 2.05) is 36.1 Å². The smallest absolute Gasteiger partial charge is 0.437 e. The maximum Gasteiger partial charge on any atom is 0.437 e. The van der Waals surface area contributed by atoms with Gasteiger partial charge in [0, 0.05) is 13.1 Å². The Labute approximate surface area is 141 Å². The first-order chi connectivity index (χ1) is 11.7. The fourth-order valence-corrected chi connectivity index (χ4v) is 2.89. The van der Waals surface area contributed by atoms with Crippen molar-refractivity contribution < 1.29 is 14.3 Å². The number of rotatable bonds is 1. The van der Waals surface area contributed by atoms with Crippen molar-refractivity contribution in [3.05, 3.63) is 59.7 Å². The number of carbonyl (C=O) groups is 1. The van der Waals surface area contributed by atoms with Gasteiger partial charge in [0.15, 0.2) is 0 Å². The molecule has 0 radical (unpaired) electrons. The highest BCUT2D eigenvalue weighted by molar-refractivity contribution is 5.87. The third-order valence-electron chi connectivity index (χ3n) is 3.95. The highest BCUT2D eigenvalue weighted by Crippen LogP contribution is 2.32. The van der Waals surface area contributed by atoms with Gasteiger partial charge in [0.25, 0.3) is 6.02 Å².